The number of unbranched alkanes of at least 4 members (excludes halogenated alkanes) is 1. The molecule has 1 saturated heterocycles. The third-order valence-corrected chi connectivity index (χ3v) is 3.32. The molecular formula is C12H21N5O3. The van der Waals surface area contributed by atoms with E-state index in [1.807, 2.05) is 4.68 Å². The second-order valence-corrected chi connectivity index (χ2v) is 5.00. The van der Waals surface area contributed by atoms with Crippen molar-refractivity contribution in [3.8, 4) is 0 Å². The summed E-state index contributed by atoms with van der Waals surface area (Å²) >= 11 is 0. The van der Waals surface area contributed by atoms with Crippen LogP contribution in [-0.4, -0.2) is 62.0 Å². The van der Waals surface area contributed by atoms with Gasteiger partial charge >= 0.3 is 5.97 Å². The van der Waals surface area contributed by atoms with E-state index in [9.17, 15) is 4.79 Å². The summed E-state index contributed by atoms with van der Waals surface area (Å²) in [4.78, 5) is 12.9. The summed E-state index contributed by atoms with van der Waals surface area (Å²) in [5.74, 6) is -0.000876. The van der Waals surface area contributed by atoms with E-state index in [0.717, 1.165) is 31.8 Å². The highest BCUT2D eigenvalue weighted by Gasteiger charge is 2.24. The minimum atomic E-state index is -0.829. The van der Waals surface area contributed by atoms with Crippen molar-refractivity contribution in [2.45, 2.75) is 45.4 Å². The highest BCUT2D eigenvalue weighted by Crippen LogP contribution is 2.11. The van der Waals surface area contributed by atoms with Crippen molar-refractivity contribution in [3.05, 3.63) is 5.82 Å². The maximum absolute atomic E-state index is 10.7. The minimum absolute atomic E-state index is 0.0390. The van der Waals surface area contributed by atoms with Gasteiger partial charge in [0.25, 0.3) is 0 Å². The average molecular weight is 283 g/mol. The molecular weight excluding hydrogens is 262 g/mol. The normalized spacial score (nSPS) is 20.1. The molecule has 8 heteroatoms. The van der Waals surface area contributed by atoms with Crippen LogP contribution in [0, 0.1) is 0 Å². The van der Waals surface area contributed by atoms with E-state index in [4.69, 9.17) is 9.84 Å². The van der Waals surface area contributed by atoms with Crippen LogP contribution in [0.5, 0.6) is 0 Å². The van der Waals surface area contributed by atoms with Crippen LogP contribution in [0.1, 0.15) is 32.0 Å². The van der Waals surface area contributed by atoms with Gasteiger partial charge in [-0.15, -0.1) is 5.10 Å². The van der Waals surface area contributed by atoms with Crippen LogP contribution < -0.4 is 0 Å². The third kappa shape index (κ3) is 4.24. The molecule has 1 aromatic heterocycles. The van der Waals surface area contributed by atoms with Gasteiger partial charge in [-0.1, -0.05) is 13.3 Å². The molecule has 112 valence electrons. The van der Waals surface area contributed by atoms with E-state index < -0.39 is 5.97 Å². The average Bonchev–Trinajstić information content (AvgIpc) is 2.83. The fraction of sp³-hybridized carbons (Fsp3) is 0.833. The van der Waals surface area contributed by atoms with Crippen molar-refractivity contribution in [2.24, 2.45) is 0 Å². The number of aromatic nitrogens is 4. The quantitative estimate of drug-likeness (QED) is 0.761. The Morgan fingerprint density at radius 3 is 3.15 bits per heavy atom. The van der Waals surface area contributed by atoms with E-state index in [1.165, 1.54) is 0 Å². The van der Waals surface area contributed by atoms with Gasteiger partial charge in [-0.05, 0) is 16.8 Å². The third-order valence-electron chi connectivity index (χ3n) is 3.32. The fourth-order valence-electron chi connectivity index (χ4n) is 2.26. The number of ether oxygens (including phenoxy) is 1. The first kappa shape index (κ1) is 14.9. The lowest BCUT2D eigenvalue weighted by Gasteiger charge is -2.31. The summed E-state index contributed by atoms with van der Waals surface area (Å²) in [6.07, 6.45) is 1.93. The molecule has 1 fully saturated rings. The first-order chi connectivity index (χ1) is 9.69. The van der Waals surface area contributed by atoms with Gasteiger partial charge in [-0.3, -0.25) is 9.69 Å². The summed E-state index contributed by atoms with van der Waals surface area (Å²) in [5, 5.41) is 20.6. The largest absolute Gasteiger partial charge is 0.481 e. The van der Waals surface area contributed by atoms with Gasteiger partial charge < -0.3 is 9.84 Å². The Morgan fingerprint density at radius 2 is 2.40 bits per heavy atom. The molecule has 1 N–H and O–H groups in total. The van der Waals surface area contributed by atoms with E-state index in [1.54, 1.807) is 0 Å². The first-order valence-electron chi connectivity index (χ1n) is 6.99. The number of aliphatic carboxylic acids is 1. The van der Waals surface area contributed by atoms with Crippen molar-refractivity contribution in [1.82, 2.24) is 25.1 Å². The smallest absolute Gasteiger partial charge is 0.306 e. The Bertz CT molecular complexity index is 436. The van der Waals surface area contributed by atoms with Crippen LogP contribution >= 0.6 is 0 Å². The fourth-order valence-corrected chi connectivity index (χ4v) is 2.26. The lowest BCUT2D eigenvalue weighted by molar-refractivity contribution is -0.142. The second-order valence-electron chi connectivity index (χ2n) is 5.00. The lowest BCUT2D eigenvalue weighted by Crippen LogP contribution is -2.43. The Labute approximate surface area is 117 Å². The molecule has 0 aliphatic carbocycles. The molecule has 8 nitrogen and oxygen atoms in total. The number of morpholine rings is 1. The number of tetrazole rings is 1. The van der Waals surface area contributed by atoms with Crippen LogP contribution in [0.2, 0.25) is 0 Å². The van der Waals surface area contributed by atoms with Crippen molar-refractivity contribution < 1.29 is 14.6 Å². The molecule has 1 unspecified atom stereocenters. The Morgan fingerprint density at radius 1 is 1.55 bits per heavy atom. The van der Waals surface area contributed by atoms with Crippen LogP contribution in [-0.2, 0) is 22.6 Å². The molecule has 1 aromatic rings. The zero-order valence-corrected chi connectivity index (χ0v) is 11.7. The number of carbonyl (C=O) groups is 1. The van der Waals surface area contributed by atoms with Crippen LogP contribution in [0.4, 0.5) is 0 Å². The SMILES string of the molecule is CCCCn1nnnc1CN1CCOC(CC(=O)O)C1. The summed E-state index contributed by atoms with van der Waals surface area (Å²) in [6, 6.07) is 0. The molecule has 0 radical (unpaired) electrons. The number of hydrogen-bond donors (Lipinski definition) is 1. The second kappa shape index (κ2) is 7.30. The van der Waals surface area contributed by atoms with Gasteiger partial charge in [0.1, 0.15) is 0 Å². The summed E-state index contributed by atoms with van der Waals surface area (Å²) in [5.41, 5.74) is 0. The zero-order valence-electron chi connectivity index (χ0n) is 11.7. The first-order valence-corrected chi connectivity index (χ1v) is 6.99. The summed E-state index contributed by atoms with van der Waals surface area (Å²) in [6.45, 7) is 5.51. The van der Waals surface area contributed by atoms with Gasteiger partial charge in [0, 0.05) is 19.6 Å². The van der Waals surface area contributed by atoms with Crippen molar-refractivity contribution in [3.63, 3.8) is 0 Å². The van der Waals surface area contributed by atoms with E-state index >= 15 is 0 Å². The molecule has 0 bridgehead atoms. The maximum Gasteiger partial charge on any atom is 0.306 e. The van der Waals surface area contributed by atoms with Gasteiger partial charge in [0.05, 0.1) is 25.7 Å². The van der Waals surface area contributed by atoms with E-state index in [-0.39, 0.29) is 12.5 Å². The van der Waals surface area contributed by atoms with Crippen LogP contribution in [0.3, 0.4) is 0 Å². The summed E-state index contributed by atoms with van der Waals surface area (Å²) in [7, 11) is 0. The van der Waals surface area contributed by atoms with Gasteiger partial charge in [-0.25, -0.2) is 4.68 Å². The van der Waals surface area contributed by atoms with E-state index in [2.05, 4.69) is 27.3 Å². The lowest BCUT2D eigenvalue weighted by atomic mass is 10.2. The van der Waals surface area contributed by atoms with Crippen LogP contribution in [0.15, 0.2) is 0 Å². The molecule has 0 amide bonds. The highest BCUT2D eigenvalue weighted by atomic mass is 16.5. The summed E-state index contributed by atoms with van der Waals surface area (Å²) < 4.78 is 7.28. The predicted octanol–water partition coefficient (Wildman–Crippen LogP) is 0.149. The molecule has 2 rings (SSSR count). The molecule has 0 spiro atoms. The number of nitrogens with zero attached hydrogens (tertiary/aromatic N) is 5. The number of hydrogen-bond acceptors (Lipinski definition) is 6. The van der Waals surface area contributed by atoms with Crippen molar-refractivity contribution in [1.29, 1.82) is 0 Å². The number of carboxylic acids is 1. The highest BCUT2D eigenvalue weighted by molar-refractivity contribution is 5.67. The number of carboxylic acid groups (broad SMARTS) is 1. The topological polar surface area (TPSA) is 93.4 Å². The monoisotopic (exact) mass is 283 g/mol. The zero-order chi connectivity index (χ0) is 14.4. The van der Waals surface area contributed by atoms with Gasteiger partial charge in [-0.2, -0.15) is 0 Å². The number of rotatable bonds is 7. The van der Waals surface area contributed by atoms with Crippen molar-refractivity contribution >= 4 is 5.97 Å². The molecule has 1 aliphatic rings. The molecule has 1 atom stereocenters. The standard InChI is InChI=1S/C12H21N5O3/c1-2-3-4-17-11(13-14-15-17)9-16-5-6-20-10(8-16)7-12(18)19/h10H,2-9H2,1H3,(H,18,19). The molecule has 0 saturated carbocycles. The maximum atomic E-state index is 10.7. The molecule has 1 aliphatic heterocycles. The predicted molar refractivity (Wildman–Crippen MR) is 70.0 cm³/mol. The Balaban J connectivity index is 1.89. The Kier molecular flexibility index (Phi) is 5.42. The van der Waals surface area contributed by atoms with Gasteiger partial charge in [0.2, 0.25) is 0 Å². The minimum Gasteiger partial charge on any atom is -0.481 e. The number of aryl methyl sites for hydroxylation is 1. The Hall–Kier alpha value is -1.54. The van der Waals surface area contributed by atoms with E-state index in [0.29, 0.717) is 19.7 Å². The molecule has 20 heavy (non-hydrogen) atoms. The van der Waals surface area contributed by atoms with Crippen LogP contribution in [0.25, 0.3) is 0 Å². The molecule has 2 heterocycles. The molecule has 0 aromatic carbocycles. The van der Waals surface area contributed by atoms with Crippen molar-refractivity contribution in [2.75, 3.05) is 19.7 Å². The van der Waals surface area contributed by atoms with Gasteiger partial charge in [0.15, 0.2) is 5.82 Å².